The summed E-state index contributed by atoms with van der Waals surface area (Å²) in [4.78, 5) is 21.3. The molecular weight excluding hydrogens is 630 g/mol. The number of hydrogen-bond donors (Lipinski definition) is 5. The Morgan fingerprint density at radius 2 is 1.93 bits per heavy atom. The van der Waals surface area contributed by atoms with Crippen molar-refractivity contribution in [1.82, 2.24) is 25.5 Å². The Labute approximate surface area is 272 Å². The molecule has 0 aliphatic heterocycles. The summed E-state index contributed by atoms with van der Waals surface area (Å²) in [6.07, 6.45) is 1.52. The molecule has 46 heavy (non-hydrogen) atoms. The second-order valence-corrected chi connectivity index (χ2v) is 12.2. The van der Waals surface area contributed by atoms with Crippen LogP contribution in [-0.2, 0) is 13.0 Å². The molecule has 0 unspecified atom stereocenters. The van der Waals surface area contributed by atoms with E-state index in [0.29, 0.717) is 66.0 Å². The van der Waals surface area contributed by atoms with Crippen molar-refractivity contribution in [3.05, 3.63) is 81.7 Å². The number of aliphatic hydroxyl groups is 1. The SMILES string of the molecule is Cc1cc(CNc2nc(C(=O)O)c(CCCOc3ccc(C#CCNCCCO)cc3F)s2)nnc1Nc1nc2ccccc2s1. The number of aromatic nitrogens is 4. The van der Waals surface area contributed by atoms with E-state index in [4.69, 9.17) is 9.84 Å². The number of carboxylic acids is 1. The van der Waals surface area contributed by atoms with Crippen LogP contribution in [0.25, 0.3) is 10.2 Å². The lowest BCUT2D eigenvalue weighted by atomic mass is 10.2. The van der Waals surface area contributed by atoms with Gasteiger partial charge in [0.1, 0.15) is 0 Å². The van der Waals surface area contributed by atoms with Crippen molar-refractivity contribution in [2.24, 2.45) is 0 Å². The van der Waals surface area contributed by atoms with Crippen molar-refractivity contribution in [3.63, 3.8) is 0 Å². The van der Waals surface area contributed by atoms with Gasteiger partial charge >= 0.3 is 5.97 Å². The van der Waals surface area contributed by atoms with Gasteiger partial charge in [0.05, 0.1) is 35.6 Å². The van der Waals surface area contributed by atoms with Crippen molar-refractivity contribution in [2.45, 2.75) is 32.7 Å². The van der Waals surface area contributed by atoms with E-state index in [9.17, 15) is 14.3 Å². The van der Waals surface area contributed by atoms with Crippen molar-refractivity contribution >= 4 is 54.9 Å². The Morgan fingerprint density at radius 3 is 2.72 bits per heavy atom. The topological polar surface area (TPSA) is 154 Å². The van der Waals surface area contributed by atoms with Crippen molar-refractivity contribution in [3.8, 4) is 17.6 Å². The minimum absolute atomic E-state index is 0.0231. The maximum Gasteiger partial charge on any atom is 0.355 e. The fourth-order valence-electron chi connectivity index (χ4n) is 4.32. The fourth-order valence-corrected chi connectivity index (χ4v) is 6.17. The van der Waals surface area contributed by atoms with E-state index >= 15 is 0 Å². The summed E-state index contributed by atoms with van der Waals surface area (Å²) >= 11 is 2.79. The number of thiazole rings is 2. The molecule has 3 heterocycles. The minimum atomic E-state index is -1.12. The third-order valence-corrected chi connectivity index (χ3v) is 8.60. The molecule has 14 heteroatoms. The molecule has 0 saturated carbocycles. The number of hydrogen-bond acceptors (Lipinski definition) is 12. The molecule has 0 bridgehead atoms. The molecule has 0 saturated heterocycles. The van der Waals surface area contributed by atoms with Crippen LogP contribution in [0.2, 0.25) is 0 Å². The van der Waals surface area contributed by atoms with E-state index in [0.717, 1.165) is 20.9 Å². The number of ether oxygens (including phenoxy) is 1. The Hall–Kier alpha value is -4.68. The van der Waals surface area contributed by atoms with E-state index in [2.05, 4.69) is 48.0 Å². The molecular formula is C32H32FN7O4S2. The quantitative estimate of drug-likeness (QED) is 0.0726. The number of anilines is 3. The molecule has 0 aliphatic rings. The minimum Gasteiger partial charge on any atom is -0.491 e. The van der Waals surface area contributed by atoms with Gasteiger partial charge < -0.3 is 30.9 Å². The van der Waals surface area contributed by atoms with Crippen LogP contribution in [0.1, 0.15) is 45.0 Å². The van der Waals surface area contributed by atoms with Gasteiger partial charge in [0.15, 0.2) is 33.3 Å². The number of nitrogens with one attached hydrogen (secondary N) is 3. The Morgan fingerprint density at radius 1 is 1.07 bits per heavy atom. The highest BCUT2D eigenvalue weighted by atomic mass is 32.1. The third-order valence-electron chi connectivity index (χ3n) is 6.57. The first-order valence-corrected chi connectivity index (χ1v) is 16.2. The zero-order valence-electron chi connectivity index (χ0n) is 25.0. The van der Waals surface area contributed by atoms with Gasteiger partial charge in [0.25, 0.3) is 0 Å². The third kappa shape index (κ3) is 8.95. The first kappa shape index (κ1) is 32.7. The molecule has 5 rings (SSSR count). The van der Waals surface area contributed by atoms with Crippen LogP contribution in [0.15, 0.2) is 48.5 Å². The summed E-state index contributed by atoms with van der Waals surface area (Å²) in [6, 6.07) is 14.3. The lowest BCUT2D eigenvalue weighted by Crippen LogP contribution is -2.16. The normalized spacial score (nSPS) is 10.8. The predicted octanol–water partition coefficient (Wildman–Crippen LogP) is 5.38. The van der Waals surface area contributed by atoms with E-state index in [-0.39, 0.29) is 24.7 Å². The van der Waals surface area contributed by atoms with Crippen LogP contribution in [-0.4, -0.2) is 62.7 Å². The number of halogens is 1. The molecule has 2 aromatic carbocycles. The van der Waals surface area contributed by atoms with Crippen LogP contribution in [0.3, 0.4) is 0 Å². The van der Waals surface area contributed by atoms with Gasteiger partial charge in [-0.25, -0.2) is 19.2 Å². The van der Waals surface area contributed by atoms with Crippen LogP contribution >= 0.6 is 22.7 Å². The highest BCUT2D eigenvalue weighted by Crippen LogP contribution is 2.29. The molecule has 0 aliphatic carbocycles. The van der Waals surface area contributed by atoms with Crippen molar-refractivity contribution in [2.75, 3.05) is 36.9 Å². The Bertz CT molecular complexity index is 1840. The summed E-state index contributed by atoms with van der Waals surface area (Å²) in [7, 11) is 0. The number of rotatable bonds is 15. The van der Waals surface area contributed by atoms with E-state index < -0.39 is 11.8 Å². The van der Waals surface area contributed by atoms with Gasteiger partial charge in [0.2, 0.25) is 0 Å². The van der Waals surface area contributed by atoms with Gasteiger partial charge in [-0.15, -0.1) is 16.4 Å². The molecule has 0 amide bonds. The number of nitrogens with zero attached hydrogens (tertiary/aromatic N) is 4. The lowest BCUT2D eigenvalue weighted by molar-refractivity contribution is 0.0690. The van der Waals surface area contributed by atoms with Crippen molar-refractivity contribution < 1.29 is 24.1 Å². The number of aromatic carboxylic acids is 1. The fraction of sp³-hybridized carbons (Fsp3) is 0.281. The second-order valence-electron chi connectivity index (χ2n) is 10.1. The second kappa shape index (κ2) is 16.1. The maximum atomic E-state index is 14.5. The van der Waals surface area contributed by atoms with E-state index in [1.54, 1.807) is 6.07 Å². The van der Waals surface area contributed by atoms with Gasteiger partial charge in [-0.3, -0.25) is 0 Å². The summed E-state index contributed by atoms with van der Waals surface area (Å²) < 4.78 is 21.2. The van der Waals surface area contributed by atoms with Gasteiger partial charge in [-0.1, -0.05) is 35.3 Å². The van der Waals surface area contributed by atoms with Crippen molar-refractivity contribution in [1.29, 1.82) is 0 Å². The van der Waals surface area contributed by atoms with E-state index in [1.807, 2.05) is 37.3 Å². The predicted molar refractivity (Wildman–Crippen MR) is 178 cm³/mol. The summed E-state index contributed by atoms with van der Waals surface area (Å²) in [5, 5.41) is 37.7. The molecule has 0 radical (unpaired) electrons. The van der Waals surface area contributed by atoms with Crippen LogP contribution in [0.4, 0.5) is 20.5 Å². The zero-order chi connectivity index (χ0) is 32.3. The lowest BCUT2D eigenvalue weighted by Gasteiger charge is -2.07. The van der Waals surface area contributed by atoms with E-state index in [1.165, 1.54) is 34.8 Å². The molecule has 11 nitrogen and oxygen atoms in total. The molecule has 0 fully saturated rings. The summed E-state index contributed by atoms with van der Waals surface area (Å²) in [5.41, 5.74) is 2.98. The summed E-state index contributed by atoms with van der Waals surface area (Å²) in [5.74, 6) is 4.87. The smallest absolute Gasteiger partial charge is 0.355 e. The number of fused-ring (bicyclic) bond motifs is 1. The number of benzene rings is 2. The number of carboxylic acid groups (broad SMARTS) is 1. The number of aryl methyl sites for hydroxylation is 2. The highest BCUT2D eigenvalue weighted by molar-refractivity contribution is 7.22. The largest absolute Gasteiger partial charge is 0.491 e. The molecule has 238 valence electrons. The van der Waals surface area contributed by atoms with Gasteiger partial charge in [0, 0.05) is 17.0 Å². The monoisotopic (exact) mass is 661 g/mol. The van der Waals surface area contributed by atoms with Gasteiger partial charge in [-0.05, 0) is 74.7 Å². The standard InChI is InChI=1S/C32H32FN7O4S2/c1-20-17-22(39-40-29(20)38-32-36-24-8-2-3-9-26(24)45-32)19-35-31-37-28(30(42)43)27(46-31)10-5-16-44-25-12-11-21(18-23(25)33)7-4-13-34-14-6-15-41/h2-3,8-9,11-12,17-18,34,41H,5-6,10,13-16,19H2,1H3,(H,35,37)(H,42,43)(H,36,38,40). The number of carbonyl (C=O) groups is 1. The summed E-state index contributed by atoms with van der Waals surface area (Å²) in [6.45, 7) is 3.66. The molecule has 3 aromatic heterocycles. The first-order valence-electron chi connectivity index (χ1n) is 14.5. The highest BCUT2D eigenvalue weighted by Gasteiger charge is 2.18. The van der Waals surface area contributed by atoms with Crippen LogP contribution in [0.5, 0.6) is 5.75 Å². The number of para-hydroxylation sites is 1. The number of aliphatic hydroxyl groups excluding tert-OH is 1. The van der Waals surface area contributed by atoms with Crippen LogP contribution in [0, 0.1) is 24.6 Å². The molecule has 0 spiro atoms. The maximum absolute atomic E-state index is 14.5. The molecule has 5 aromatic rings. The molecule has 5 N–H and O–H groups in total. The first-order chi connectivity index (χ1) is 22.4. The Balaban J connectivity index is 1.11. The Kier molecular flexibility index (Phi) is 11.4. The zero-order valence-corrected chi connectivity index (χ0v) is 26.6. The average molecular weight is 662 g/mol. The van der Waals surface area contributed by atoms with Crippen LogP contribution < -0.4 is 20.7 Å². The van der Waals surface area contributed by atoms with Gasteiger partial charge in [-0.2, -0.15) is 5.10 Å². The molecule has 0 atom stereocenters. The average Bonchev–Trinajstić information content (AvgIpc) is 3.65.